The maximum atomic E-state index is 12.4. The third-order valence-corrected chi connectivity index (χ3v) is 5.17. The van der Waals surface area contributed by atoms with Gasteiger partial charge in [0.15, 0.2) is 5.69 Å². The van der Waals surface area contributed by atoms with Crippen LogP contribution in [-0.4, -0.2) is 40.0 Å². The fourth-order valence-corrected chi connectivity index (χ4v) is 3.75. The number of aromatic nitrogens is 3. The summed E-state index contributed by atoms with van der Waals surface area (Å²) >= 11 is 0. The van der Waals surface area contributed by atoms with E-state index in [2.05, 4.69) is 34.8 Å². The fraction of sp³-hybridized carbons (Fsp3) is 0.812. The molecule has 1 aliphatic heterocycles. The summed E-state index contributed by atoms with van der Waals surface area (Å²) in [5.74, 6) is 1.22. The van der Waals surface area contributed by atoms with Gasteiger partial charge in [0.1, 0.15) is 0 Å². The second-order valence-corrected chi connectivity index (χ2v) is 7.04. The number of carbonyl (C=O) groups is 1. The number of carbonyl (C=O) groups excluding carboxylic acids is 1. The van der Waals surface area contributed by atoms with Crippen LogP contribution in [0.1, 0.15) is 62.5 Å². The molecule has 1 aliphatic carbocycles. The molecule has 6 nitrogen and oxygen atoms in total. The lowest BCUT2D eigenvalue weighted by molar-refractivity contribution is 0.0894. The van der Waals surface area contributed by atoms with Crippen molar-refractivity contribution < 1.29 is 4.79 Å². The summed E-state index contributed by atoms with van der Waals surface area (Å²) in [6.07, 6.45) is 7.34. The molecular weight excluding hydrogens is 278 g/mol. The average molecular weight is 305 g/mol. The van der Waals surface area contributed by atoms with Gasteiger partial charge in [0.2, 0.25) is 0 Å². The number of rotatable bonds is 3. The summed E-state index contributed by atoms with van der Waals surface area (Å²) in [7, 11) is 0. The number of piperidine rings is 1. The quantitative estimate of drug-likeness (QED) is 0.892. The van der Waals surface area contributed by atoms with Crippen molar-refractivity contribution in [3.63, 3.8) is 0 Å². The summed E-state index contributed by atoms with van der Waals surface area (Å²) in [5.41, 5.74) is 0.448. The topological polar surface area (TPSA) is 71.8 Å². The van der Waals surface area contributed by atoms with Crippen LogP contribution < -0.4 is 10.6 Å². The molecule has 2 heterocycles. The third kappa shape index (κ3) is 3.48. The molecular formula is C16H27N5O. The Bertz CT molecular complexity index is 508. The van der Waals surface area contributed by atoms with E-state index in [4.69, 9.17) is 0 Å². The Kier molecular flexibility index (Phi) is 4.76. The maximum absolute atomic E-state index is 12.4. The van der Waals surface area contributed by atoms with Gasteiger partial charge in [0.05, 0.1) is 12.2 Å². The Hall–Kier alpha value is -1.43. The van der Waals surface area contributed by atoms with Crippen LogP contribution in [0.15, 0.2) is 6.20 Å². The van der Waals surface area contributed by atoms with Gasteiger partial charge in [-0.25, -0.2) is 4.68 Å². The van der Waals surface area contributed by atoms with Crippen LogP contribution in [0.4, 0.5) is 0 Å². The van der Waals surface area contributed by atoms with E-state index in [0.717, 1.165) is 38.3 Å². The van der Waals surface area contributed by atoms with Crippen LogP contribution in [0.5, 0.6) is 0 Å². The van der Waals surface area contributed by atoms with Gasteiger partial charge in [-0.3, -0.25) is 4.79 Å². The molecule has 3 atom stereocenters. The van der Waals surface area contributed by atoms with Gasteiger partial charge in [0.25, 0.3) is 5.91 Å². The first-order valence-corrected chi connectivity index (χ1v) is 8.57. The Morgan fingerprint density at radius 3 is 2.77 bits per heavy atom. The van der Waals surface area contributed by atoms with Crippen molar-refractivity contribution in [2.45, 2.75) is 58.0 Å². The molecule has 0 bridgehead atoms. The molecule has 6 heteroatoms. The molecule has 2 N–H and O–H groups in total. The van der Waals surface area contributed by atoms with E-state index in [9.17, 15) is 4.79 Å². The number of nitrogens with one attached hydrogen (secondary N) is 2. The Morgan fingerprint density at radius 1 is 1.27 bits per heavy atom. The fourth-order valence-electron chi connectivity index (χ4n) is 3.75. The van der Waals surface area contributed by atoms with Gasteiger partial charge in [-0.2, -0.15) is 0 Å². The highest BCUT2D eigenvalue weighted by Gasteiger charge is 2.27. The zero-order valence-electron chi connectivity index (χ0n) is 13.6. The van der Waals surface area contributed by atoms with E-state index in [1.54, 1.807) is 6.20 Å². The molecule has 1 saturated heterocycles. The average Bonchev–Trinajstić information content (AvgIpc) is 3.01. The first-order chi connectivity index (χ1) is 10.6. The highest BCUT2D eigenvalue weighted by molar-refractivity contribution is 5.92. The van der Waals surface area contributed by atoms with Gasteiger partial charge >= 0.3 is 0 Å². The standard InChI is InChI=1S/C16H27N5O/c1-11-3-4-14(12(2)9-11)18-16(22)15-10-21(20-19-15)13-5-7-17-8-6-13/h10-14,17H,3-9H2,1-2H3,(H,18,22). The van der Waals surface area contributed by atoms with Crippen molar-refractivity contribution >= 4 is 5.91 Å². The second kappa shape index (κ2) is 6.77. The molecule has 3 unspecified atom stereocenters. The summed E-state index contributed by atoms with van der Waals surface area (Å²) in [4.78, 5) is 12.4. The van der Waals surface area contributed by atoms with Crippen LogP contribution >= 0.6 is 0 Å². The largest absolute Gasteiger partial charge is 0.348 e. The third-order valence-electron chi connectivity index (χ3n) is 5.17. The van der Waals surface area contributed by atoms with Crippen LogP contribution in [0.2, 0.25) is 0 Å². The van der Waals surface area contributed by atoms with Gasteiger partial charge in [-0.05, 0) is 57.0 Å². The van der Waals surface area contributed by atoms with Crippen molar-refractivity contribution in [1.29, 1.82) is 0 Å². The second-order valence-electron chi connectivity index (χ2n) is 7.04. The molecule has 1 amide bonds. The maximum Gasteiger partial charge on any atom is 0.273 e. The van der Waals surface area contributed by atoms with Crippen molar-refractivity contribution in [1.82, 2.24) is 25.6 Å². The molecule has 1 aromatic rings. The summed E-state index contributed by atoms with van der Waals surface area (Å²) in [6, 6.07) is 0.637. The molecule has 1 aromatic heterocycles. The minimum Gasteiger partial charge on any atom is -0.348 e. The highest BCUT2D eigenvalue weighted by atomic mass is 16.2. The molecule has 0 spiro atoms. The molecule has 2 aliphatic rings. The molecule has 2 fully saturated rings. The van der Waals surface area contributed by atoms with E-state index in [-0.39, 0.29) is 11.9 Å². The number of nitrogens with zero attached hydrogens (tertiary/aromatic N) is 3. The smallest absolute Gasteiger partial charge is 0.273 e. The Morgan fingerprint density at radius 2 is 2.05 bits per heavy atom. The Balaban J connectivity index is 1.59. The first-order valence-electron chi connectivity index (χ1n) is 8.57. The van der Waals surface area contributed by atoms with Gasteiger partial charge in [0, 0.05) is 6.04 Å². The normalized spacial score (nSPS) is 30.2. The van der Waals surface area contributed by atoms with Crippen LogP contribution in [0.25, 0.3) is 0 Å². The summed E-state index contributed by atoms with van der Waals surface area (Å²) < 4.78 is 1.86. The lowest BCUT2D eigenvalue weighted by atomic mass is 9.80. The summed E-state index contributed by atoms with van der Waals surface area (Å²) in [5, 5.41) is 14.7. The zero-order valence-corrected chi connectivity index (χ0v) is 13.6. The highest BCUT2D eigenvalue weighted by Crippen LogP contribution is 2.28. The molecule has 3 rings (SSSR count). The van der Waals surface area contributed by atoms with Crippen molar-refractivity contribution in [3.05, 3.63) is 11.9 Å². The van der Waals surface area contributed by atoms with Crippen LogP contribution in [0, 0.1) is 11.8 Å². The predicted octanol–water partition coefficient (Wildman–Crippen LogP) is 1.76. The predicted molar refractivity (Wildman–Crippen MR) is 84.6 cm³/mol. The van der Waals surface area contributed by atoms with Crippen molar-refractivity contribution in [3.8, 4) is 0 Å². The van der Waals surface area contributed by atoms with Crippen molar-refractivity contribution in [2.24, 2.45) is 11.8 Å². The lowest BCUT2D eigenvalue weighted by Gasteiger charge is -2.32. The zero-order chi connectivity index (χ0) is 15.5. The van der Waals surface area contributed by atoms with E-state index in [1.165, 1.54) is 12.8 Å². The molecule has 122 valence electrons. The van der Waals surface area contributed by atoms with E-state index in [0.29, 0.717) is 17.7 Å². The van der Waals surface area contributed by atoms with Crippen molar-refractivity contribution in [2.75, 3.05) is 13.1 Å². The number of hydrogen-bond acceptors (Lipinski definition) is 4. The van der Waals surface area contributed by atoms with Gasteiger partial charge < -0.3 is 10.6 Å². The van der Waals surface area contributed by atoms with E-state index in [1.807, 2.05) is 4.68 Å². The molecule has 0 aromatic carbocycles. The monoisotopic (exact) mass is 305 g/mol. The van der Waals surface area contributed by atoms with Gasteiger partial charge in [-0.1, -0.05) is 19.1 Å². The SMILES string of the molecule is CC1CCC(NC(=O)c2cn(C3CCNCC3)nn2)C(C)C1. The molecule has 1 saturated carbocycles. The summed E-state index contributed by atoms with van der Waals surface area (Å²) in [6.45, 7) is 6.53. The minimum atomic E-state index is -0.0772. The lowest BCUT2D eigenvalue weighted by Crippen LogP contribution is -2.42. The number of amides is 1. The minimum absolute atomic E-state index is 0.0772. The first kappa shape index (κ1) is 15.5. The van der Waals surface area contributed by atoms with Gasteiger partial charge in [-0.15, -0.1) is 5.10 Å². The van der Waals surface area contributed by atoms with E-state index >= 15 is 0 Å². The van der Waals surface area contributed by atoms with E-state index < -0.39 is 0 Å². The van der Waals surface area contributed by atoms with Crippen LogP contribution in [0.3, 0.4) is 0 Å². The molecule has 22 heavy (non-hydrogen) atoms. The molecule has 0 radical (unpaired) electrons. The number of hydrogen-bond donors (Lipinski definition) is 2. The Labute approximate surface area is 132 Å². The van der Waals surface area contributed by atoms with Crippen LogP contribution in [-0.2, 0) is 0 Å².